The first-order valence-corrected chi connectivity index (χ1v) is 7.01. The number of rotatable bonds is 9. The van der Waals surface area contributed by atoms with E-state index in [0.29, 0.717) is 6.04 Å². The minimum Gasteiger partial charge on any atom is -0.379 e. The molecule has 0 bridgehead atoms. The Morgan fingerprint density at radius 2 is 2.06 bits per heavy atom. The van der Waals surface area contributed by atoms with Crippen molar-refractivity contribution < 1.29 is 4.74 Å². The maximum Gasteiger partial charge on any atom is 0.0637 e. The highest BCUT2D eigenvalue weighted by Crippen LogP contribution is 2.25. The number of likely N-dealkylation sites (N-methyl/N-ethyl adjacent to an activating group) is 1. The average molecular weight is 242 g/mol. The van der Waals surface area contributed by atoms with Crippen LogP contribution in [0.3, 0.4) is 0 Å². The van der Waals surface area contributed by atoms with Gasteiger partial charge in [0.05, 0.1) is 5.60 Å². The molecule has 0 aromatic heterocycles. The van der Waals surface area contributed by atoms with Gasteiger partial charge in [0.25, 0.3) is 0 Å². The molecule has 1 atom stereocenters. The SMILES string of the molecule is CCN(CCNC(C)CC(C)(C)OC)C1CC1. The van der Waals surface area contributed by atoms with Gasteiger partial charge in [-0.25, -0.2) is 0 Å². The minimum absolute atomic E-state index is 0.0205. The fourth-order valence-electron chi connectivity index (χ4n) is 2.39. The second-order valence-corrected chi connectivity index (χ2v) is 5.88. The zero-order valence-electron chi connectivity index (χ0n) is 12.3. The lowest BCUT2D eigenvalue weighted by atomic mass is 10.00. The highest BCUT2D eigenvalue weighted by molar-refractivity contribution is 4.84. The largest absolute Gasteiger partial charge is 0.379 e. The first-order chi connectivity index (χ1) is 7.98. The monoisotopic (exact) mass is 242 g/mol. The van der Waals surface area contributed by atoms with Crippen molar-refractivity contribution in [2.75, 3.05) is 26.7 Å². The zero-order chi connectivity index (χ0) is 12.9. The van der Waals surface area contributed by atoms with Crippen LogP contribution in [0.5, 0.6) is 0 Å². The Morgan fingerprint density at radius 1 is 1.41 bits per heavy atom. The third kappa shape index (κ3) is 5.84. The van der Waals surface area contributed by atoms with Crippen LogP contribution in [-0.2, 0) is 4.74 Å². The van der Waals surface area contributed by atoms with Crippen molar-refractivity contribution in [3.8, 4) is 0 Å². The summed E-state index contributed by atoms with van der Waals surface area (Å²) in [6.07, 6.45) is 3.86. The Morgan fingerprint density at radius 3 is 2.53 bits per heavy atom. The fraction of sp³-hybridized carbons (Fsp3) is 1.00. The molecule has 0 spiro atoms. The van der Waals surface area contributed by atoms with Crippen LogP contribution in [-0.4, -0.2) is 49.3 Å². The number of methoxy groups -OCH3 is 1. The summed E-state index contributed by atoms with van der Waals surface area (Å²) in [5.74, 6) is 0. The van der Waals surface area contributed by atoms with E-state index < -0.39 is 0 Å². The Bertz CT molecular complexity index is 214. The van der Waals surface area contributed by atoms with Crippen molar-refractivity contribution in [3.63, 3.8) is 0 Å². The van der Waals surface area contributed by atoms with Crippen LogP contribution in [0.1, 0.15) is 47.0 Å². The van der Waals surface area contributed by atoms with Gasteiger partial charge in [-0.05, 0) is 46.6 Å². The van der Waals surface area contributed by atoms with E-state index in [-0.39, 0.29) is 5.60 Å². The van der Waals surface area contributed by atoms with Crippen LogP contribution < -0.4 is 5.32 Å². The number of hydrogen-bond acceptors (Lipinski definition) is 3. The average Bonchev–Trinajstić information content (AvgIpc) is 3.07. The van der Waals surface area contributed by atoms with E-state index in [2.05, 4.69) is 37.9 Å². The summed E-state index contributed by atoms with van der Waals surface area (Å²) in [5, 5.41) is 3.60. The molecule has 1 aliphatic rings. The zero-order valence-corrected chi connectivity index (χ0v) is 12.3. The van der Waals surface area contributed by atoms with Crippen molar-refractivity contribution in [2.24, 2.45) is 0 Å². The third-order valence-corrected chi connectivity index (χ3v) is 3.71. The second-order valence-electron chi connectivity index (χ2n) is 5.88. The first kappa shape index (κ1) is 14.9. The molecule has 0 amide bonds. The predicted octanol–water partition coefficient (Wildman–Crippen LogP) is 2.26. The molecule has 0 saturated heterocycles. The number of nitrogens with zero attached hydrogens (tertiary/aromatic N) is 1. The molecule has 1 unspecified atom stereocenters. The Kier molecular flexibility index (Phi) is 5.90. The molecule has 1 saturated carbocycles. The molecule has 0 aliphatic heterocycles. The topological polar surface area (TPSA) is 24.5 Å². The molecule has 3 heteroatoms. The van der Waals surface area contributed by atoms with E-state index in [0.717, 1.165) is 19.0 Å². The van der Waals surface area contributed by atoms with Crippen molar-refractivity contribution >= 4 is 0 Å². The lowest BCUT2D eigenvalue weighted by Crippen LogP contribution is -2.40. The van der Waals surface area contributed by atoms with Gasteiger partial charge in [0, 0.05) is 32.3 Å². The Hall–Kier alpha value is -0.120. The fourth-order valence-corrected chi connectivity index (χ4v) is 2.39. The van der Waals surface area contributed by atoms with Crippen molar-refractivity contribution in [1.82, 2.24) is 10.2 Å². The highest BCUT2D eigenvalue weighted by atomic mass is 16.5. The van der Waals surface area contributed by atoms with Gasteiger partial charge < -0.3 is 10.1 Å². The van der Waals surface area contributed by atoms with Crippen LogP contribution in [0.4, 0.5) is 0 Å². The molecule has 1 rings (SSSR count). The number of ether oxygens (including phenoxy) is 1. The van der Waals surface area contributed by atoms with Crippen LogP contribution >= 0.6 is 0 Å². The molecule has 1 N–H and O–H groups in total. The Balaban J connectivity index is 2.12. The van der Waals surface area contributed by atoms with Gasteiger partial charge in [-0.15, -0.1) is 0 Å². The minimum atomic E-state index is -0.0205. The van der Waals surface area contributed by atoms with E-state index in [9.17, 15) is 0 Å². The second kappa shape index (κ2) is 6.72. The summed E-state index contributed by atoms with van der Waals surface area (Å²) in [6, 6.07) is 1.40. The lowest BCUT2D eigenvalue weighted by Gasteiger charge is -2.28. The molecule has 17 heavy (non-hydrogen) atoms. The van der Waals surface area contributed by atoms with E-state index in [1.807, 2.05) is 0 Å². The number of nitrogens with one attached hydrogen (secondary N) is 1. The molecule has 0 aromatic rings. The van der Waals surface area contributed by atoms with E-state index in [4.69, 9.17) is 4.74 Å². The molecular formula is C14H30N2O. The molecule has 0 heterocycles. The van der Waals surface area contributed by atoms with Crippen LogP contribution in [0.25, 0.3) is 0 Å². The summed E-state index contributed by atoms with van der Waals surface area (Å²) in [7, 11) is 1.79. The van der Waals surface area contributed by atoms with Gasteiger partial charge in [-0.3, -0.25) is 4.90 Å². The van der Waals surface area contributed by atoms with Crippen LogP contribution in [0, 0.1) is 0 Å². The summed E-state index contributed by atoms with van der Waals surface area (Å²) in [4.78, 5) is 2.58. The molecular weight excluding hydrogens is 212 g/mol. The van der Waals surface area contributed by atoms with Crippen LogP contribution in [0.2, 0.25) is 0 Å². The number of hydrogen-bond donors (Lipinski definition) is 1. The van der Waals surface area contributed by atoms with Gasteiger partial charge in [0.15, 0.2) is 0 Å². The summed E-state index contributed by atoms with van der Waals surface area (Å²) < 4.78 is 5.45. The molecule has 0 aromatic carbocycles. The molecule has 1 aliphatic carbocycles. The van der Waals surface area contributed by atoms with Crippen molar-refractivity contribution in [1.29, 1.82) is 0 Å². The van der Waals surface area contributed by atoms with Gasteiger partial charge in [0.1, 0.15) is 0 Å². The summed E-state index contributed by atoms with van der Waals surface area (Å²) in [6.45, 7) is 12.2. The molecule has 102 valence electrons. The smallest absolute Gasteiger partial charge is 0.0637 e. The normalized spacial score (nSPS) is 18.7. The molecule has 3 nitrogen and oxygen atoms in total. The van der Waals surface area contributed by atoms with Crippen molar-refractivity contribution in [3.05, 3.63) is 0 Å². The van der Waals surface area contributed by atoms with Gasteiger partial charge in [0.2, 0.25) is 0 Å². The quantitative estimate of drug-likeness (QED) is 0.671. The summed E-state index contributed by atoms with van der Waals surface area (Å²) >= 11 is 0. The third-order valence-electron chi connectivity index (χ3n) is 3.71. The van der Waals surface area contributed by atoms with E-state index in [1.165, 1.54) is 25.9 Å². The first-order valence-electron chi connectivity index (χ1n) is 7.01. The van der Waals surface area contributed by atoms with Gasteiger partial charge in [-0.1, -0.05) is 6.92 Å². The highest BCUT2D eigenvalue weighted by Gasteiger charge is 2.27. The standard InChI is InChI=1S/C14H30N2O/c1-6-16(13-7-8-13)10-9-15-12(2)11-14(3,4)17-5/h12-13,15H,6-11H2,1-5H3. The van der Waals surface area contributed by atoms with Gasteiger partial charge in [-0.2, -0.15) is 0 Å². The lowest BCUT2D eigenvalue weighted by molar-refractivity contribution is 0.00844. The predicted molar refractivity (Wildman–Crippen MR) is 73.4 cm³/mol. The maximum atomic E-state index is 5.45. The van der Waals surface area contributed by atoms with Crippen molar-refractivity contribution in [2.45, 2.75) is 64.6 Å². The van der Waals surface area contributed by atoms with E-state index >= 15 is 0 Å². The summed E-state index contributed by atoms with van der Waals surface area (Å²) in [5.41, 5.74) is -0.0205. The van der Waals surface area contributed by atoms with Crippen LogP contribution in [0.15, 0.2) is 0 Å². The maximum absolute atomic E-state index is 5.45. The van der Waals surface area contributed by atoms with E-state index in [1.54, 1.807) is 7.11 Å². The molecule has 0 radical (unpaired) electrons. The molecule has 1 fully saturated rings. The Labute approximate surface area is 107 Å². The van der Waals surface area contributed by atoms with Gasteiger partial charge >= 0.3 is 0 Å².